The van der Waals surface area contributed by atoms with Crippen LogP contribution >= 0.6 is 0 Å². The molecule has 0 spiro atoms. The zero-order chi connectivity index (χ0) is 19.1. The number of hydrogen-bond donors (Lipinski definition) is 1. The fourth-order valence-corrected chi connectivity index (χ4v) is 2.91. The molecule has 0 radical (unpaired) electrons. The van der Waals surface area contributed by atoms with E-state index in [0.29, 0.717) is 25.4 Å². The molecule has 1 N–H and O–H groups in total. The molecular formula is C20H24FN3O3. The highest BCUT2D eigenvalue weighted by Crippen LogP contribution is 2.17. The smallest absolute Gasteiger partial charge is 0.321 e. The van der Waals surface area contributed by atoms with Gasteiger partial charge in [0.05, 0.1) is 7.11 Å². The molecule has 0 atom stereocenters. The molecule has 0 aromatic heterocycles. The van der Waals surface area contributed by atoms with Crippen molar-refractivity contribution in [1.29, 1.82) is 0 Å². The number of amides is 2. The van der Waals surface area contributed by atoms with Gasteiger partial charge in [0.2, 0.25) is 0 Å². The average molecular weight is 373 g/mol. The highest BCUT2D eigenvalue weighted by molar-refractivity contribution is 5.89. The number of ether oxygens (including phenoxy) is 2. The zero-order valence-corrected chi connectivity index (χ0v) is 15.4. The Balaban J connectivity index is 1.37. The Bertz CT molecular complexity index is 746. The summed E-state index contributed by atoms with van der Waals surface area (Å²) in [5, 5.41) is 2.73. The van der Waals surface area contributed by atoms with Crippen LogP contribution in [0.1, 0.15) is 0 Å². The molecule has 2 aromatic carbocycles. The number of hydrogen-bond acceptors (Lipinski definition) is 4. The second kappa shape index (κ2) is 9.23. The van der Waals surface area contributed by atoms with Gasteiger partial charge in [-0.1, -0.05) is 6.07 Å². The molecule has 7 heteroatoms. The summed E-state index contributed by atoms with van der Waals surface area (Å²) in [7, 11) is 1.63. The lowest BCUT2D eigenvalue weighted by Crippen LogP contribution is -2.50. The number of nitrogens with one attached hydrogen (secondary N) is 1. The SMILES string of the molecule is COc1ccc(OCCN2CCN(C(=O)Nc3cccc(F)c3)CC2)cc1. The predicted molar refractivity (Wildman–Crippen MR) is 102 cm³/mol. The molecule has 0 saturated carbocycles. The number of benzene rings is 2. The van der Waals surface area contributed by atoms with Gasteiger partial charge in [0, 0.05) is 38.4 Å². The first-order valence-corrected chi connectivity index (χ1v) is 8.95. The van der Waals surface area contributed by atoms with Crippen molar-refractivity contribution in [2.45, 2.75) is 0 Å². The highest BCUT2D eigenvalue weighted by Gasteiger charge is 2.21. The zero-order valence-electron chi connectivity index (χ0n) is 15.4. The van der Waals surface area contributed by atoms with Crippen LogP contribution in [0.4, 0.5) is 14.9 Å². The minimum atomic E-state index is -0.366. The predicted octanol–water partition coefficient (Wildman–Crippen LogP) is 3.06. The molecule has 144 valence electrons. The summed E-state index contributed by atoms with van der Waals surface area (Å²) in [6.45, 7) is 4.20. The van der Waals surface area contributed by atoms with Crippen LogP contribution in [0.2, 0.25) is 0 Å². The number of carbonyl (C=O) groups is 1. The maximum absolute atomic E-state index is 13.2. The molecule has 0 bridgehead atoms. The molecule has 2 aromatic rings. The van der Waals surface area contributed by atoms with E-state index in [4.69, 9.17) is 9.47 Å². The minimum Gasteiger partial charge on any atom is -0.497 e. The van der Waals surface area contributed by atoms with Crippen molar-refractivity contribution in [1.82, 2.24) is 9.80 Å². The molecular weight excluding hydrogens is 349 g/mol. The number of urea groups is 1. The van der Waals surface area contributed by atoms with E-state index >= 15 is 0 Å². The summed E-state index contributed by atoms with van der Waals surface area (Å²) < 4.78 is 24.1. The molecule has 1 fully saturated rings. The van der Waals surface area contributed by atoms with Crippen LogP contribution in [0.25, 0.3) is 0 Å². The van der Waals surface area contributed by atoms with E-state index in [1.165, 1.54) is 12.1 Å². The van der Waals surface area contributed by atoms with Gasteiger partial charge in [-0.25, -0.2) is 9.18 Å². The van der Waals surface area contributed by atoms with Crippen LogP contribution in [-0.2, 0) is 0 Å². The Morgan fingerprint density at radius 2 is 1.78 bits per heavy atom. The first kappa shape index (κ1) is 19.0. The Labute approximate surface area is 158 Å². The first-order chi connectivity index (χ1) is 13.1. The van der Waals surface area contributed by atoms with E-state index in [9.17, 15) is 9.18 Å². The number of piperazine rings is 1. The van der Waals surface area contributed by atoms with Crippen molar-refractivity contribution in [2.75, 3.05) is 51.8 Å². The van der Waals surface area contributed by atoms with Crippen LogP contribution in [0, 0.1) is 5.82 Å². The quantitative estimate of drug-likeness (QED) is 0.846. The number of carbonyl (C=O) groups excluding carboxylic acids is 1. The summed E-state index contributed by atoms with van der Waals surface area (Å²) >= 11 is 0. The third-order valence-electron chi connectivity index (χ3n) is 4.47. The van der Waals surface area contributed by atoms with Gasteiger partial charge in [0.1, 0.15) is 23.9 Å². The van der Waals surface area contributed by atoms with Gasteiger partial charge in [-0.3, -0.25) is 4.90 Å². The summed E-state index contributed by atoms with van der Waals surface area (Å²) in [4.78, 5) is 16.3. The van der Waals surface area contributed by atoms with Crippen LogP contribution in [-0.4, -0.2) is 62.3 Å². The number of anilines is 1. The second-order valence-corrected chi connectivity index (χ2v) is 6.29. The molecule has 3 rings (SSSR count). The van der Waals surface area contributed by atoms with Crippen LogP contribution < -0.4 is 14.8 Å². The van der Waals surface area contributed by atoms with Gasteiger partial charge in [-0.15, -0.1) is 0 Å². The van der Waals surface area contributed by atoms with Gasteiger partial charge in [0.25, 0.3) is 0 Å². The minimum absolute atomic E-state index is 0.199. The van der Waals surface area contributed by atoms with E-state index < -0.39 is 0 Å². The average Bonchev–Trinajstić information content (AvgIpc) is 2.69. The number of halogens is 1. The van der Waals surface area contributed by atoms with Gasteiger partial charge in [-0.2, -0.15) is 0 Å². The van der Waals surface area contributed by atoms with Crippen LogP contribution in [0.15, 0.2) is 48.5 Å². The standard InChI is InChI=1S/C20H24FN3O3/c1-26-18-5-7-19(8-6-18)27-14-13-23-9-11-24(12-10-23)20(25)22-17-4-2-3-16(21)15-17/h2-8,15H,9-14H2,1H3,(H,22,25). The molecule has 1 aliphatic heterocycles. The van der Waals surface area contributed by atoms with Gasteiger partial charge < -0.3 is 19.7 Å². The molecule has 1 saturated heterocycles. The number of methoxy groups -OCH3 is 1. The Hall–Kier alpha value is -2.80. The van der Waals surface area contributed by atoms with Crippen molar-refractivity contribution in [2.24, 2.45) is 0 Å². The first-order valence-electron chi connectivity index (χ1n) is 8.95. The normalized spacial score (nSPS) is 14.7. The van der Waals surface area contributed by atoms with E-state index in [1.807, 2.05) is 24.3 Å². The second-order valence-electron chi connectivity index (χ2n) is 6.29. The Morgan fingerprint density at radius 3 is 2.44 bits per heavy atom. The molecule has 1 aliphatic rings. The number of rotatable bonds is 6. The Kier molecular flexibility index (Phi) is 6.49. The lowest BCUT2D eigenvalue weighted by molar-refractivity contribution is 0.132. The maximum Gasteiger partial charge on any atom is 0.321 e. The Morgan fingerprint density at radius 1 is 1.07 bits per heavy atom. The van der Waals surface area contributed by atoms with Gasteiger partial charge in [0.15, 0.2) is 0 Å². The highest BCUT2D eigenvalue weighted by atomic mass is 19.1. The van der Waals surface area contributed by atoms with Gasteiger partial charge in [-0.05, 0) is 42.5 Å². The van der Waals surface area contributed by atoms with E-state index in [0.717, 1.165) is 31.1 Å². The van der Waals surface area contributed by atoms with Crippen LogP contribution in [0.5, 0.6) is 11.5 Å². The molecule has 1 heterocycles. The van der Waals surface area contributed by atoms with Gasteiger partial charge >= 0.3 is 6.03 Å². The van der Waals surface area contributed by atoms with E-state index in [1.54, 1.807) is 24.1 Å². The van der Waals surface area contributed by atoms with E-state index in [2.05, 4.69) is 10.2 Å². The lowest BCUT2D eigenvalue weighted by Gasteiger charge is -2.34. The van der Waals surface area contributed by atoms with Crippen molar-refractivity contribution >= 4 is 11.7 Å². The summed E-state index contributed by atoms with van der Waals surface area (Å²) in [6, 6.07) is 13.2. The molecule has 0 unspecified atom stereocenters. The summed E-state index contributed by atoms with van der Waals surface area (Å²) in [5.41, 5.74) is 0.468. The fraction of sp³-hybridized carbons (Fsp3) is 0.350. The van der Waals surface area contributed by atoms with E-state index in [-0.39, 0.29) is 11.8 Å². The lowest BCUT2D eigenvalue weighted by atomic mass is 10.3. The summed E-state index contributed by atoms with van der Waals surface area (Å²) in [6.07, 6.45) is 0. The van der Waals surface area contributed by atoms with Crippen LogP contribution in [0.3, 0.4) is 0 Å². The molecule has 27 heavy (non-hydrogen) atoms. The summed E-state index contributed by atoms with van der Waals surface area (Å²) in [5.74, 6) is 1.24. The monoisotopic (exact) mass is 373 g/mol. The van der Waals surface area contributed by atoms with Crippen molar-refractivity contribution < 1.29 is 18.7 Å². The van der Waals surface area contributed by atoms with Crippen molar-refractivity contribution in [3.63, 3.8) is 0 Å². The van der Waals surface area contributed by atoms with Crippen molar-refractivity contribution in [3.05, 3.63) is 54.3 Å². The van der Waals surface area contributed by atoms with Crippen molar-refractivity contribution in [3.8, 4) is 11.5 Å². The molecule has 6 nitrogen and oxygen atoms in total. The number of nitrogens with zero attached hydrogens (tertiary/aromatic N) is 2. The molecule has 0 aliphatic carbocycles. The molecule has 2 amide bonds. The third kappa shape index (κ3) is 5.59. The maximum atomic E-state index is 13.2. The third-order valence-corrected chi connectivity index (χ3v) is 4.47. The fourth-order valence-electron chi connectivity index (χ4n) is 2.91. The largest absolute Gasteiger partial charge is 0.497 e. The topological polar surface area (TPSA) is 54.0 Å².